The molecular weight excluding hydrogens is 543 g/mol. The minimum atomic E-state index is -4.54. The summed E-state index contributed by atoms with van der Waals surface area (Å²) >= 11 is 0. The largest absolute Gasteiger partial charge is 0.465 e. The first-order chi connectivity index (χ1) is 19.8. The minimum Gasteiger partial charge on any atom is -0.465 e. The molecule has 220 valence electrons. The highest BCUT2D eigenvalue weighted by Crippen LogP contribution is 2.54. The van der Waals surface area contributed by atoms with Crippen LogP contribution in [-0.2, 0) is 24.7 Å². The van der Waals surface area contributed by atoms with E-state index in [1.165, 1.54) is 6.20 Å². The summed E-state index contributed by atoms with van der Waals surface area (Å²) in [5.41, 5.74) is 4.99. The van der Waals surface area contributed by atoms with Crippen LogP contribution in [-0.4, -0.2) is 44.1 Å². The maximum absolute atomic E-state index is 13.5. The first-order valence-electron chi connectivity index (χ1n) is 14.2. The highest BCUT2D eigenvalue weighted by atomic mass is 19.4. The highest BCUT2D eigenvalue weighted by molar-refractivity contribution is 5.85. The van der Waals surface area contributed by atoms with Gasteiger partial charge in [-0.1, -0.05) is 26.8 Å². The summed E-state index contributed by atoms with van der Waals surface area (Å²) in [4.78, 5) is 27.6. The van der Waals surface area contributed by atoms with Crippen molar-refractivity contribution in [3.05, 3.63) is 76.9 Å². The van der Waals surface area contributed by atoms with Gasteiger partial charge in [-0.05, 0) is 83.7 Å². The normalized spacial score (nSPS) is 19.4. The molecule has 0 radical (unpaired) electrons. The van der Waals surface area contributed by atoms with Gasteiger partial charge in [-0.25, -0.2) is 9.78 Å². The lowest BCUT2D eigenvalue weighted by molar-refractivity contribution is -0.141. The number of pyridine rings is 2. The molecule has 6 rings (SSSR count). The zero-order chi connectivity index (χ0) is 30.0. The first kappa shape index (κ1) is 28.1. The minimum absolute atomic E-state index is 0.367. The summed E-state index contributed by atoms with van der Waals surface area (Å²) in [5.74, 6) is 0. The van der Waals surface area contributed by atoms with E-state index in [9.17, 15) is 23.1 Å². The zero-order valence-electron chi connectivity index (χ0n) is 24.1. The van der Waals surface area contributed by atoms with Gasteiger partial charge in [0.25, 0.3) is 0 Å². The van der Waals surface area contributed by atoms with Crippen LogP contribution >= 0.6 is 0 Å². The van der Waals surface area contributed by atoms with Gasteiger partial charge in [-0.15, -0.1) is 0 Å². The van der Waals surface area contributed by atoms with Crippen LogP contribution in [0.4, 0.5) is 23.7 Å². The molecule has 1 aromatic carbocycles. The fraction of sp³-hybridized carbons (Fsp3) is 0.406. The number of anilines is 1. The number of fused-ring (bicyclic) bond motifs is 2. The third-order valence-corrected chi connectivity index (χ3v) is 9.11. The van der Waals surface area contributed by atoms with Gasteiger partial charge in [-0.2, -0.15) is 13.2 Å². The highest BCUT2D eigenvalue weighted by Gasteiger charge is 2.54. The molecule has 42 heavy (non-hydrogen) atoms. The standard InChI is InChI=1S/C32H34F3N5O2/c1-19-16-37-28-24(19)13-22(17-38-28)21-12-20-7-11-39(23-6-9-36-27(15-23)32(33,34)35)18-25(20)26(14-21)31(30(2,3)4)8-5-10-40(31)29(41)42/h6,9,12-17H,5,7-8,10-11,18H2,1-4H3,(H,37,38)(H,41,42). The number of nitrogens with one attached hydrogen (secondary N) is 1. The van der Waals surface area contributed by atoms with Crippen LogP contribution in [0.15, 0.2) is 48.9 Å². The second-order valence-corrected chi connectivity index (χ2v) is 12.5. The third kappa shape index (κ3) is 4.48. The molecule has 3 aromatic heterocycles. The summed E-state index contributed by atoms with van der Waals surface area (Å²) in [7, 11) is 0. The Balaban J connectivity index is 1.55. The smallest absolute Gasteiger partial charge is 0.433 e. The van der Waals surface area contributed by atoms with Crippen molar-refractivity contribution < 1.29 is 23.1 Å². The van der Waals surface area contributed by atoms with Crippen molar-refractivity contribution in [1.82, 2.24) is 19.9 Å². The number of aromatic nitrogens is 3. The van der Waals surface area contributed by atoms with E-state index >= 15 is 0 Å². The van der Waals surface area contributed by atoms with Gasteiger partial charge in [0.05, 0.1) is 5.54 Å². The van der Waals surface area contributed by atoms with Gasteiger partial charge in [0, 0.05) is 54.9 Å². The van der Waals surface area contributed by atoms with Crippen LogP contribution in [0.25, 0.3) is 22.2 Å². The Bertz CT molecular complexity index is 1690. The maximum atomic E-state index is 13.5. The van der Waals surface area contributed by atoms with E-state index in [-0.39, 0.29) is 0 Å². The third-order valence-electron chi connectivity index (χ3n) is 9.11. The van der Waals surface area contributed by atoms with E-state index in [0.717, 1.165) is 56.9 Å². The van der Waals surface area contributed by atoms with Gasteiger partial charge in [0.1, 0.15) is 11.3 Å². The molecule has 1 atom stereocenters. The lowest BCUT2D eigenvalue weighted by Gasteiger charge is -2.49. The molecular formula is C32H34F3N5O2. The van der Waals surface area contributed by atoms with Crippen molar-refractivity contribution in [1.29, 1.82) is 0 Å². The Hall–Kier alpha value is -4.08. The molecule has 0 aliphatic carbocycles. The summed E-state index contributed by atoms with van der Waals surface area (Å²) in [6.45, 7) is 9.56. The number of aromatic amines is 1. The van der Waals surface area contributed by atoms with Gasteiger partial charge < -0.3 is 15.0 Å². The van der Waals surface area contributed by atoms with Crippen molar-refractivity contribution in [3.63, 3.8) is 0 Å². The fourth-order valence-electron chi connectivity index (χ4n) is 7.03. The quantitative estimate of drug-likeness (QED) is 0.263. The number of carboxylic acid groups (broad SMARTS) is 1. The molecule has 0 saturated carbocycles. The van der Waals surface area contributed by atoms with E-state index in [4.69, 9.17) is 0 Å². The molecule has 4 aromatic rings. The number of benzene rings is 1. The number of carbonyl (C=O) groups is 1. The van der Waals surface area contributed by atoms with Crippen molar-refractivity contribution in [2.45, 2.75) is 65.2 Å². The van der Waals surface area contributed by atoms with Gasteiger partial charge in [0.15, 0.2) is 0 Å². The molecule has 2 aliphatic heterocycles. The van der Waals surface area contributed by atoms with E-state index < -0.39 is 28.9 Å². The maximum Gasteiger partial charge on any atom is 0.433 e. The summed E-state index contributed by atoms with van der Waals surface area (Å²) < 4.78 is 40.5. The molecule has 10 heteroatoms. The number of likely N-dealkylation sites (tertiary alicyclic amines) is 1. The SMILES string of the molecule is Cc1c[nH]c2ncc(-c3cc4c(c(C5(C(C)(C)C)CCCN5C(=O)O)c3)CN(c3ccnc(C(F)(F)F)c3)CC4)cc12. The average molecular weight is 578 g/mol. The summed E-state index contributed by atoms with van der Waals surface area (Å²) in [6, 6.07) is 9.06. The first-order valence-corrected chi connectivity index (χ1v) is 14.2. The molecule has 2 aliphatic rings. The molecule has 1 unspecified atom stereocenters. The van der Waals surface area contributed by atoms with Gasteiger partial charge in [-0.3, -0.25) is 9.88 Å². The Kier molecular flexibility index (Phi) is 6.51. The molecule has 7 nitrogen and oxygen atoms in total. The van der Waals surface area contributed by atoms with Crippen LogP contribution in [0.5, 0.6) is 0 Å². The van der Waals surface area contributed by atoms with E-state index in [1.54, 1.807) is 11.0 Å². The second kappa shape index (κ2) is 9.74. The number of halogens is 3. The molecule has 0 bridgehead atoms. The van der Waals surface area contributed by atoms with Crippen LogP contribution < -0.4 is 4.90 Å². The zero-order valence-corrected chi connectivity index (χ0v) is 24.1. The van der Waals surface area contributed by atoms with E-state index in [2.05, 4.69) is 53.9 Å². The van der Waals surface area contributed by atoms with Crippen molar-refractivity contribution in [2.24, 2.45) is 5.41 Å². The van der Waals surface area contributed by atoms with Crippen molar-refractivity contribution in [2.75, 3.05) is 18.0 Å². The number of hydrogen-bond acceptors (Lipinski definition) is 4. The summed E-state index contributed by atoms with van der Waals surface area (Å²) in [6.07, 6.45) is 1.43. The number of hydrogen-bond donors (Lipinski definition) is 2. The number of H-pyrrole nitrogens is 1. The monoisotopic (exact) mass is 577 g/mol. The number of amides is 1. The Morgan fingerprint density at radius 2 is 1.86 bits per heavy atom. The molecule has 1 amide bonds. The fourth-order valence-corrected chi connectivity index (χ4v) is 7.03. The van der Waals surface area contributed by atoms with Crippen molar-refractivity contribution in [3.8, 4) is 11.1 Å². The lowest BCUT2D eigenvalue weighted by Crippen LogP contribution is -2.53. The Morgan fingerprint density at radius 3 is 2.57 bits per heavy atom. The lowest BCUT2D eigenvalue weighted by atomic mass is 9.65. The molecule has 1 fully saturated rings. The number of aryl methyl sites for hydroxylation is 1. The van der Waals surface area contributed by atoms with Gasteiger partial charge >= 0.3 is 12.3 Å². The van der Waals surface area contributed by atoms with Crippen LogP contribution in [0.1, 0.15) is 61.6 Å². The predicted molar refractivity (Wildman–Crippen MR) is 155 cm³/mol. The molecule has 2 N–H and O–H groups in total. The van der Waals surface area contributed by atoms with Crippen LogP contribution in [0.3, 0.4) is 0 Å². The molecule has 0 spiro atoms. The topological polar surface area (TPSA) is 85.3 Å². The second-order valence-electron chi connectivity index (χ2n) is 12.5. The van der Waals surface area contributed by atoms with Crippen molar-refractivity contribution >= 4 is 22.8 Å². The average Bonchev–Trinajstić information content (AvgIpc) is 3.56. The van der Waals surface area contributed by atoms with E-state index in [1.807, 2.05) is 24.2 Å². The van der Waals surface area contributed by atoms with Gasteiger partial charge in [0.2, 0.25) is 0 Å². The predicted octanol–water partition coefficient (Wildman–Crippen LogP) is 7.53. The summed E-state index contributed by atoms with van der Waals surface area (Å²) in [5, 5.41) is 11.4. The Labute approximate surface area is 242 Å². The van der Waals surface area contributed by atoms with E-state index in [0.29, 0.717) is 38.2 Å². The number of alkyl halides is 3. The molecule has 1 saturated heterocycles. The Morgan fingerprint density at radius 1 is 1.07 bits per heavy atom. The van der Waals surface area contributed by atoms with Crippen LogP contribution in [0, 0.1) is 12.3 Å². The number of rotatable bonds is 3. The van der Waals surface area contributed by atoms with Crippen LogP contribution in [0.2, 0.25) is 0 Å². The number of nitrogens with zero attached hydrogens (tertiary/aromatic N) is 4. The molecule has 5 heterocycles.